The Morgan fingerprint density at radius 2 is 1.93 bits per heavy atom. The topological polar surface area (TPSA) is 68.0 Å². The molecule has 0 amide bonds. The summed E-state index contributed by atoms with van der Waals surface area (Å²) in [5, 5.41) is 13.2. The molecule has 0 spiro atoms. The molecule has 1 heterocycles. The fourth-order valence-corrected chi connectivity index (χ4v) is 2.93. The Kier molecular flexibility index (Phi) is 5.12. The Morgan fingerprint density at radius 1 is 1.21 bits per heavy atom. The summed E-state index contributed by atoms with van der Waals surface area (Å²) >= 11 is 5.95. The Labute approximate surface area is 161 Å². The van der Waals surface area contributed by atoms with Crippen LogP contribution in [0.3, 0.4) is 0 Å². The lowest BCUT2D eigenvalue weighted by Crippen LogP contribution is -2.07. The highest BCUT2D eigenvalue weighted by atomic mass is 35.5. The number of carboxylic acids is 1. The molecule has 0 radical (unpaired) electrons. The molecule has 2 aromatic carbocycles. The summed E-state index contributed by atoms with van der Waals surface area (Å²) in [6, 6.07) is 6.43. The van der Waals surface area contributed by atoms with E-state index in [1.165, 1.54) is 22.9 Å². The second-order valence-corrected chi connectivity index (χ2v) is 6.39. The van der Waals surface area contributed by atoms with Crippen molar-refractivity contribution < 1.29 is 27.5 Å². The molecule has 10 heteroatoms. The molecule has 1 N–H and O–H groups in total. The predicted molar refractivity (Wildman–Crippen MR) is 92.3 cm³/mol. The van der Waals surface area contributed by atoms with Crippen molar-refractivity contribution in [1.82, 2.24) is 14.8 Å². The summed E-state index contributed by atoms with van der Waals surface area (Å²) in [5.74, 6) is -1.60. The molecule has 5 nitrogen and oxygen atoms in total. The number of hydrogen-bond donors (Lipinski definition) is 1. The second kappa shape index (κ2) is 7.23. The van der Waals surface area contributed by atoms with Gasteiger partial charge in [0.25, 0.3) is 0 Å². The molecule has 0 atom stereocenters. The van der Waals surface area contributed by atoms with Crippen LogP contribution in [0, 0.1) is 12.7 Å². The van der Waals surface area contributed by atoms with E-state index in [1.54, 1.807) is 6.92 Å². The number of aromatic carboxylic acids is 1. The summed E-state index contributed by atoms with van der Waals surface area (Å²) in [5.41, 5.74) is -0.664. The van der Waals surface area contributed by atoms with Gasteiger partial charge in [-0.05, 0) is 48.9 Å². The van der Waals surface area contributed by atoms with Gasteiger partial charge in [0.05, 0.1) is 21.8 Å². The van der Waals surface area contributed by atoms with Crippen LogP contribution >= 0.6 is 11.6 Å². The summed E-state index contributed by atoms with van der Waals surface area (Å²) in [6.45, 7) is 1.61. The van der Waals surface area contributed by atoms with Crippen molar-refractivity contribution in [2.45, 2.75) is 19.5 Å². The van der Waals surface area contributed by atoms with E-state index in [0.717, 1.165) is 12.1 Å². The van der Waals surface area contributed by atoms with Crippen molar-refractivity contribution in [1.29, 1.82) is 0 Å². The Bertz CT molecular complexity index is 1060. The van der Waals surface area contributed by atoms with E-state index in [2.05, 4.69) is 10.1 Å². The average Bonchev–Trinajstić information content (AvgIpc) is 2.93. The van der Waals surface area contributed by atoms with Crippen LogP contribution in [0.25, 0.3) is 5.69 Å². The van der Waals surface area contributed by atoms with E-state index in [1.807, 2.05) is 0 Å². The Morgan fingerprint density at radius 3 is 2.54 bits per heavy atom. The number of nitrogens with zero attached hydrogens (tertiary/aromatic N) is 3. The molecule has 0 aliphatic carbocycles. The van der Waals surface area contributed by atoms with E-state index in [4.69, 9.17) is 16.7 Å². The zero-order chi connectivity index (χ0) is 20.6. The van der Waals surface area contributed by atoms with Gasteiger partial charge in [-0.2, -0.15) is 18.3 Å². The van der Waals surface area contributed by atoms with Crippen LogP contribution in [0.2, 0.25) is 5.02 Å². The second-order valence-electron chi connectivity index (χ2n) is 5.98. The van der Waals surface area contributed by atoms with Crippen LogP contribution in [0.5, 0.6) is 0 Å². The maximum Gasteiger partial charge on any atom is 0.416 e. The first-order valence-corrected chi connectivity index (χ1v) is 8.25. The average molecular weight is 414 g/mol. The first kappa shape index (κ1) is 19.8. The summed E-state index contributed by atoms with van der Waals surface area (Å²) in [6.07, 6.45) is -4.78. The van der Waals surface area contributed by atoms with Gasteiger partial charge in [-0.25, -0.2) is 18.9 Å². The Balaban J connectivity index is 1.92. The van der Waals surface area contributed by atoms with E-state index in [-0.39, 0.29) is 28.4 Å². The van der Waals surface area contributed by atoms with Gasteiger partial charge in [0.1, 0.15) is 11.6 Å². The predicted octanol–water partition coefficient (Wildman–Crippen LogP) is 4.68. The van der Waals surface area contributed by atoms with E-state index >= 15 is 0 Å². The standard InChI is InChI=1S/C18H12ClF4N3O2/c1-9-24-16(6-10-4-11(18(21,22)23)7-12(20)5-10)25-26(9)13-2-3-14(17(27)28)15(19)8-13/h2-5,7-8H,6H2,1H3,(H,27,28). The molecule has 0 bridgehead atoms. The molecule has 1 aromatic heterocycles. The molecule has 146 valence electrons. The highest BCUT2D eigenvalue weighted by Crippen LogP contribution is 2.31. The highest BCUT2D eigenvalue weighted by molar-refractivity contribution is 6.33. The van der Waals surface area contributed by atoms with Crippen molar-refractivity contribution in [3.05, 3.63) is 75.6 Å². The van der Waals surface area contributed by atoms with E-state index < -0.39 is 23.5 Å². The molecule has 0 aliphatic heterocycles. The Hall–Kier alpha value is -2.94. The lowest BCUT2D eigenvalue weighted by Gasteiger charge is -2.08. The van der Waals surface area contributed by atoms with Crippen LogP contribution in [0.15, 0.2) is 36.4 Å². The van der Waals surface area contributed by atoms with Crippen molar-refractivity contribution in [3.8, 4) is 5.69 Å². The number of benzene rings is 2. The van der Waals surface area contributed by atoms with Crippen LogP contribution in [0.4, 0.5) is 17.6 Å². The third-order valence-corrected chi connectivity index (χ3v) is 4.20. The van der Waals surface area contributed by atoms with Crippen LogP contribution in [-0.4, -0.2) is 25.8 Å². The number of alkyl halides is 3. The smallest absolute Gasteiger partial charge is 0.416 e. The first-order valence-electron chi connectivity index (χ1n) is 7.87. The lowest BCUT2D eigenvalue weighted by atomic mass is 10.1. The molecule has 0 saturated heterocycles. The van der Waals surface area contributed by atoms with Gasteiger partial charge in [-0.3, -0.25) is 0 Å². The number of rotatable bonds is 4. The third-order valence-electron chi connectivity index (χ3n) is 3.89. The van der Waals surface area contributed by atoms with Crippen LogP contribution in [-0.2, 0) is 12.6 Å². The molecule has 0 fully saturated rings. The fourth-order valence-electron chi connectivity index (χ4n) is 2.67. The lowest BCUT2D eigenvalue weighted by molar-refractivity contribution is -0.137. The number of aryl methyl sites for hydroxylation is 1. The maximum atomic E-state index is 13.5. The molecule has 0 saturated carbocycles. The van der Waals surface area contributed by atoms with Crippen molar-refractivity contribution in [2.24, 2.45) is 0 Å². The van der Waals surface area contributed by atoms with Crippen molar-refractivity contribution in [3.63, 3.8) is 0 Å². The number of carbonyl (C=O) groups is 1. The van der Waals surface area contributed by atoms with Gasteiger partial charge >= 0.3 is 12.1 Å². The van der Waals surface area contributed by atoms with Gasteiger partial charge in [-0.15, -0.1) is 0 Å². The molecule has 0 unspecified atom stereocenters. The zero-order valence-corrected chi connectivity index (χ0v) is 15.0. The van der Waals surface area contributed by atoms with Gasteiger partial charge in [0.15, 0.2) is 5.82 Å². The zero-order valence-electron chi connectivity index (χ0n) is 14.3. The fraction of sp³-hybridized carbons (Fsp3) is 0.167. The number of hydrogen-bond acceptors (Lipinski definition) is 3. The molecule has 28 heavy (non-hydrogen) atoms. The molecular weight excluding hydrogens is 402 g/mol. The minimum absolute atomic E-state index is 0.00130. The summed E-state index contributed by atoms with van der Waals surface area (Å²) in [4.78, 5) is 15.2. The van der Waals surface area contributed by atoms with Gasteiger partial charge < -0.3 is 5.11 Å². The molecule has 3 rings (SSSR count). The van der Waals surface area contributed by atoms with Crippen molar-refractivity contribution in [2.75, 3.05) is 0 Å². The number of carboxylic acid groups (broad SMARTS) is 1. The van der Waals surface area contributed by atoms with Crippen LogP contribution < -0.4 is 0 Å². The third kappa shape index (κ3) is 4.14. The van der Waals surface area contributed by atoms with E-state index in [0.29, 0.717) is 17.6 Å². The summed E-state index contributed by atoms with van der Waals surface area (Å²) < 4.78 is 53.5. The first-order chi connectivity index (χ1) is 13.0. The van der Waals surface area contributed by atoms with Gasteiger partial charge in [0, 0.05) is 6.42 Å². The molecular formula is C18H12ClF4N3O2. The molecule has 0 aliphatic rings. The molecule has 3 aromatic rings. The maximum absolute atomic E-state index is 13.5. The van der Waals surface area contributed by atoms with Gasteiger partial charge in [0.2, 0.25) is 0 Å². The highest BCUT2D eigenvalue weighted by Gasteiger charge is 2.31. The SMILES string of the molecule is Cc1nc(Cc2cc(F)cc(C(F)(F)F)c2)nn1-c1ccc(C(=O)O)c(Cl)c1. The van der Waals surface area contributed by atoms with E-state index in [9.17, 15) is 22.4 Å². The normalized spacial score (nSPS) is 11.6. The minimum Gasteiger partial charge on any atom is -0.478 e. The van der Waals surface area contributed by atoms with Gasteiger partial charge in [-0.1, -0.05) is 11.6 Å². The van der Waals surface area contributed by atoms with Crippen LogP contribution in [0.1, 0.15) is 33.1 Å². The number of halogens is 5. The minimum atomic E-state index is -4.66. The summed E-state index contributed by atoms with van der Waals surface area (Å²) in [7, 11) is 0. The largest absolute Gasteiger partial charge is 0.478 e. The monoisotopic (exact) mass is 413 g/mol. The van der Waals surface area contributed by atoms with Crippen molar-refractivity contribution >= 4 is 17.6 Å². The number of aromatic nitrogens is 3. The quantitative estimate of drug-likeness (QED) is 0.631.